The minimum atomic E-state index is -3.58. The Balaban J connectivity index is 2.03. The van der Waals surface area contributed by atoms with Gasteiger partial charge in [0.2, 0.25) is 10.0 Å². The molecule has 1 aliphatic heterocycles. The van der Waals surface area contributed by atoms with E-state index in [9.17, 15) is 13.2 Å². The Kier molecular flexibility index (Phi) is 3.95. The van der Waals surface area contributed by atoms with Gasteiger partial charge in [-0.1, -0.05) is 24.3 Å². The second kappa shape index (κ2) is 5.79. The predicted octanol–water partition coefficient (Wildman–Crippen LogP) is 2.11. The highest BCUT2D eigenvalue weighted by Crippen LogP contribution is 2.29. The number of amides is 1. The molecular formula is C17H18N2O3S. The first-order valence-electron chi connectivity index (χ1n) is 7.38. The Hall–Kier alpha value is -2.18. The fraction of sp³-hybridized carbons (Fsp3) is 0.235. The highest BCUT2D eigenvalue weighted by Gasteiger charge is 2.27. The lowest BCUT2D eigenvalue weighted by atomic mass is 10.1. The van der Waals surface area contributed by atoms with Crippen LogP contribution in [0.4, 0.5) is 5.69 Å². The van der Waals surface area contributed by atoms with Crippen LogP contribution in [0.3, 0.4) is 0 Å². The predicted molar refractivity (Wildman–Crippen MR) is 89.2 cm³/mol. The molecule has 2 aromatic rings. The van der Waals surface area contributed by atoms with Gasteiger partial charge < -0.3 is 4.90 Å². The van der Waals surface area contributed by atoms with Crippen molar-refractivity contribution in [1.29, 1.82) is 0 Å². The van der Waals surface area contributed by atoms with Crippen LogP contribution in [0.25, 0.3) is 0 Å². The molecule has 6 heteroatoms. The molecule has 3 rings (SSSR count). The second-order valence-corrected chi connectivity index (χ2v) is 7.41. The normalized spacial score (nSPS) is 13.9. The lowest BCUT2D eigenvalue weighted by molar-refractivity contribution is 0.0988. The van der Waals surface area contributed by atoms with Crippen molar-refractivity contribution in [2.24, 2.45) is 0 Å². The number of rotatable bonds is 3. The van der Waals surface area contributed by atoms with E-state index in [1.807, 2.05) is 31.2 Å². The first-order valence-corrected chi connectivity index (χ1v) is 8.86. The van der Waals surface area contributed by atoms with Gasteiger partial charge in [-0.25, -0.2) is 13.1 Å². The molecule has 0 saturated carbocycles. The SMILES string of the molecule is CNS(=O)(=O)c1ccc(C)c(C(=O)N2CCc3ccccc32)c1. The van der Waals surface area contributed by atoms with Crippen LogP contribution in [-0.2, 0) is 16.4 Å². The maximum Gasteiger partial charge on any atom is 0.258 e. The van der Waals surface area contributed by atoms with Crippen molar-refractivity contribution < 1.29 is 13.2 Å². The van der Waals surface area contributed by atoms with Crippen LogP contribution in [0, 0.1) is 6.92 Å². The van der Waals surface area contributed by atoms with Crippen LogP contribution in [0.2, 0.25) is 0 Å². The van der Waals surface area contributed by atoms with Crippen molar-refractivity contribution in [3.63, 3.8) is 0 Å². The summed E-state index contributed by atoms with van der Waals surface area (Å²) in [5.74, 6) is -0.166. The van der Waals surface area contributed by atoms with Crippen molar-refractivity contribution in [3.8, 4) is 0 Å². The number of sulfonamides is 1. The molecule has 2 aromatic carbocycles. The van der Waals surface area contributed by atoms with Crippen LogP contribution >= 0.6 is 0 Å². The number of nitrogens with one attached hydrogen (secondary N) is 1. The molecule has 1 amide bonds. The maximum absolute atomic E-state index is 12.9. The summed E-state index contributed by atoms with van der Waals surface area (Å²) in [5.41, 5.74) is 3.21. The fourth-order valence-corrected chi connectivity index (χ4v) is 3.57. The van der Waals surface area contributed by atoms with E-state index >= 15 is 0 Å². The molecule has 0 atom stereocenters. The average Bonchev–Trinajstić information content (AvgIpc) is 2.98. The summed E-state index contributed by atoms with van der Waals surface area (Å²) in [7, 11) is -2.22. The van der Waals surface area contributed by atoms with E-state index in [1.54, 1.807) is 11.0 Å². The third-order valence-corrected chi connectivity index (χ3v) is 5.56. The minimum Gasteiger partial charge on any atom is -0.308 e. The standard InChI is InChI=1S/C17H18N2O3S/c1-12-7-8-14(23(21,22)18-2)11-15(12)17(20)19-10-9-13-5-3-4-6-16(13)19/h3-8,11,18H,9-10H2,1-2H3. The summed E-state index contributed by atoms with van der Waals surface area (Å²) in [4.78, 5) is 14.7. The van der Waals surface area contributed by atoms with Gasteiger partial charge in [-0.15, -0.1) is 0 Å². The molecule has 23 heavy (non-hydrogen) atoms. The van der Waals surface area contributed by atoms with Crippen LogP contribution in [-0.4, -0.2) is 27.9 Å². The van der Waals surface area contributed by atoms with Crippen molar-refractivity contribution in [2.45, 2.75) is 18.2 Å². The summed E-state index contributed by atoms with van der Waals surface area (Å²) in [6.07, 6.45) is 0.815. The van der Waals surface area contributed by atoms with E-state index in [1.165, 1.54) is 19.2 Å². The number of benzene rings is 2. The Labute approximate surface area is 136 Å². The smallest absolute Gasteiger partial charge is 0.258 e. The maximum atomic E-state index is 12.9. The highest BCUT2D eigenvalue weighted by molar-refractivity contribution is 7.89. The third-order valence-electron chi connectivity index (χ3n) is 4.15. The number of carbonyl (C=O) groups is 1. The first-order chi connectivity index (χ1) is 10.9. The Morgan fingerprint density at radius 3 is 2.65 bits per heavy atom. The fourth-order valence-electron chi connectivity index (χ4n) is 2.81. The molecule has 0 radical (unpaired) electrons. The van der Waals surface area contributed by atoms with Crippen LogP contribution in [0.15, 0.2) is 47.4 Å². The average molecular weight is 330 g/mol. The molecule has 0 spiro atoms. The van der Waals surface area contributed by atoms with Gasteiger partial charge in [-0.2, -0.15) is 0 Å². The van der Waals surface area contributed by atoms with Gasteiger partial charge in [0, 0.05) is 17.8 Å². The van der Waals surface area contributed by atoms with Gasteiger partial charge >= 0.3 is 0 Å². The molecule has 1 N–H and O–H groups in total. The number of para-hydroxylation sites is 1. The molecule has 0 bridgehead atoms. The van der Waals surface area contributed by atoms with E-state index in [-0.39, 0.29) is 10.8 Å². The van der Waals surface area contributed by atoms with E-state index in [2.05, 4.69) is 4.72 Å². The van der Waals surface area contributed by atoms with Crippen LogP contribution in [0.5, 0.6) is 0 Å². The van der Waals surface area contributed by atoms with Gasteiger partial charge in [0.15, 0.2) is 0 Å². The van der Waals surface area contributed by atoms with Gasteiger partial charge in [-0.05, 0) is 49.7 Å². The van der Waals surface area contributed by atoms with Crippen molar-refractivity contribution in [3.05, 3.63) is 59.2 Å². The monoisotopic (exact) mass is 330 g/mol. The molecule has 0 unspecified atom stereocenters. The Morgan fingerprint density at radius 1 is 1.17 bits per heavy atom. The summed E-state index contributed by atoms with van der Waals surface area (Å²) in [6, 6.07) is 12.4. The Bertz CT molecular complexity index is 875. The number of fused-ring (bicyclic) bond motifs is 1. The molecule has 5 nitrogen and oxygen atoms in total. The minimum absolute atomic E-state index is 0.0985. The summed E-state index contributed by atoms with van der Waals surface area (Å²) < 4.78 is 26.2. The largest absolute Gasteiger partial charge is 0.308 e. The van der Waals surface area contributed by atoms with Crippen molar-refractivity contribution in [2.75, 3.05) is 18.5 Å². The molecule has 1 heterocycles. The van der Waals surface area contributed by atoms with E-state index in [0.717, 1.165) is 23.2 Å². The molecular weight excluding hydrogens is 312 g/mol. The third kappa shape index (κ3) is 2.75. The quantitative estimate of drug-likeness (QED) is 0.937. The number of carbonyl (C=O) groups excluding carboxylic acids is 1. The van der Waals surface area contributed by atoms with E-state index in [4.69, 9.17) is 0 Å². The second-order valence-electron chi connectivity index (χ2n) is 5.52. The molecule has 120 valence electrons. The number of aryl methyl sites for hydroxylation is 1. The van der Waals surface area contributed by atoms with Crippen molar-refractivity contribution in [1.82, 2.24) is 4.72 Å². The summed E-state index contributed by atoms with van der Waals surface area (Å²) in [6.45, 7) is 2.42. The van der Waals surface area contributed by atoms with E-state index in [0.29, 0.717) is 12.1 Å². The van der Waals surface area contributed by atoms with E-state index < -0.39 is 10.0 Å². The molecule has 0 aromatic heterocycles. The van der Waals surface area contributed by atoms with Gasteiger partial charge in [0.1, 0.15) is 0 Å². The lowest BCUT2D eigenvalue weighted by Crippen LogP contribution is -2.30. The number of hydrogen-bond donors (Lipinski definition) is 1. The van der Waals surface area contributed by atoms with Gasteiger partial charge in [0.05, 0.1) is 4.90 Å². The summed E-state index contributed by atoms with van der Waals surface area (Å²) >= 11 is 0. The number of hydrogen-bond acceptors (Lipinski definition) is 3. The zero-order valence-corrected chi connectivity index (χ0v) is 13.9. The van der Waals surface area contributed by atoms with Crippen LogP contribution < -0.4 is 9.62 Å². The molecule has 0 fully saturated rings. The molecule has 1 aliphatic rings. The number of nitrogens with zero attached hydrogens (tertiary/aromatic N) is 1. The first kappa shape index (κ1) is 15.7. The zero-order valence-electron chi connectivity index (χ0n) is 13.0. The molecule has 0 saturated heterocycles. The zero-order chi connectivity index (χ0) is 16.6. The lowest BCUT2D eigenvalue weighted by Gasteiger charge is -2.19. The summed E-state index contributed by atoms with van der Waals surface area (Å²) in [5, 5.41) is 0. The topological polar surface area (TPSA) is 66.5 Å². The number of anilines is 1. The Morgan fingerprint density at radius 2 is 1.91 bits per heavy atom. The highest BCUT2D eigenvalue weighted by atomic mass is 32.2. The van der Waals surface area contributed by atoms with Gasteiger partial charge in [-0.3, -0.25) is 4.79 Å². The van der Waals surface area contributed by atoms with Gasteiger partial charge in [0.25, 0.3) is 5.91 Å². The molecule has 0 aliphatic carbocycles. The van der Waals surface area contributed by atoms with Crippen molar-refractivity contribution >= 4 is 21.6 Å². The van der Waals surface area contributed by atoms with Crippen LogP contribution in [0.1, 0.15) is 21.5 Å².